The van der Waals surface area contributed by atoms with Crippen molar-refractivity contribution in [2.45, 2.75) is 20.8 Å². The zero-order chi connectivity index (χ0) is 12.0. The Morgan fingerprint density at radius 3 is 2.62 bits per heavy atom. The first-order valence-electron chi connectivity index (χ1n) is 5.39. The van der Waals surface area contributed by atoms with Crippen LogP contribution in [0, 0.1) is 0 Å². The molecule has 0 spiro atoms. The largest absolute Gasteiger partial charge is 0.310 e. The lowest BCUT2D eigenvalue weighted by Crippen LogP contribution is -2.07. The molecule has 0 saturated carbocycles. The van der Waals surface area contributed by atoms with E-state index in [0.717, 1.165) is 10.8 Å². The van der Waals surface area contributed by atoms with E-state index in [2.05, 4.69) is 10.3 Å². The van der Waals surface area contributed by atoms with Crippen LogP contribution in [0.3, 0.4) is 0 Å². The highest BCUT2D eigenvalue weighted by molar-refractivity contribution is 5.99. The number of hydrogen-bond donors (Lipinski definition) is 1. The predicted octanol–water partition coefficient (Wildman–Crippen LogP) is 3.47. The van der Waals surface area contributed by atoms with Crippen LogP contribution >= 0.6 is 0 Å². The Morgan fingerprint density at radius 2 is 1.94 bits per heavy atom. The Balaban J connectivity index is 0.000000811. The van der Waals surface area contributed by atoms with Crippen molar-refractivity contribution in [2.24, 2.45) is 0 Å². The summed E-state index contributed by atoms with van der Waals surface area (Å²) in [5.41, 5.74) is 0. The molecule has 16 heavy (non-hydrogen) atoms. The first kappa shape index (κ1) is 12.2. The van der Waals surface area contributed by atoms with Crippen LogP contribution in [0.15, 0.2) is 36.5 Å². The minimum absolute atomic E-state index is 0. The predicted molar refractivity (Wildman–Crippen MR) is 69.5 cm³/mol. The lowest BCUT2D eigenvalue weighted by atomic mass is 10.1. The Kier molecular flexibility index (Phi) is 4.45. The lowest BCUT2D eigenvalue weighted by molar-refractivity contribution is -0.114. The number of pyridine rings is 1. The maximum Gasteiger partial charge on any atom is 0.222 e. The zero-order valence-corrected chi connectivity index (χ0v) is 9.82. The van der Waals surface area contributed by atoms with Crippen molar-refractivity contribution >= 4 is 22.5 Å². The fourth-order valence-electron chi connectivity index (χ4n) is 1.39. The molecule has 0 aliphatic carbocycles. The van der Waals surface area contributed by atoms with Gasteiger partial charge in [0.05, 0.1) is 0 Å². The molecule has 86 valence electrons. The number of carbonyl (C=O) groups excluding carboxylic acids is 1. The molecule has 0 aliphatic heterocycles. The molecule has 2 rings (SSSR count). The smallest absolute Gasteiger partial charge is 0.222 e. The third-order valence-corrected chi connectivity index (χ3v) is 1.97. The quantitative estimate of drug-likeness (QED) is 0.796. The van der Waals surface area contributed by atoms with E-state index in [1.54, 1.807) is 6.20 Å². The number of hydrogen-bond acceptors (Lipinski definition) is 2. The summed E-state index contributed by atoms with van der Waals surface area (Å²) in [4.78, 5) is 15.0. The second-order valence-corrected chi connectivity index (χ2v) is 3.06. The van der Waals surface area contributed by atoms with Crippen LogP contribution in [0.4, 0.5) is 5.82 Å². The summed E-state index contributed by atoms with van der Waals surface area (Å²) in [6.07, 6.45) is 1.69. The van der Waals surface area contributed by atoms with Gasteiger partial charge in [0.15, 0.2) is 0 Å². The molecule has 0 bridgehead atoms. The Hall–Kier alpha value is -1.90. The minimum Gasteiger partial charge on any atom is -0.310 e. The highest BCUT2D eigenvalue weighted by Gasteiger charge is 2.01. The molecule has 0 aliphatic rings. The number of anilines is 1. The van der Waals surface area contributed by atoms with Crippen molar-refractivity contribution in [3.63, 3.8) is 0 Å². The molecular weight excluding hydrogens is 200 g/mol. The molecule has 0 fully saturated rings. The molecular formula is C13H18N2O. The van der Waals surface area contributed by atoms with Crippen molar-refractivity contribution in [1.82, 2.24) is 4.98 Å². The number of aromatic nitrogens is 1. The van der Waals surface area contributed by atoms with Gasteiger partial charge in [0, 0.05) is 19.9 Å². The van der Waals surface area contributed by atoms with E-state index in [9.17, 15) is 4.79 Å². The average molecular weight is 218 g/mol. The van der Waals surface area contributed by atoms with E-state index < -0.39 is 0 Å². The van der Waals surface area contributed by atoms with Crippen LogP contribution in [0.2, 0.25) is 0 Å². The molecule has 1 aromatic heterocycles. The average Bonchev–Trinajstić information content (AvgIpc) is 2.31. The van der Waals surface area contributed by atoms with Crippen LogP contribution in [-0.2, 0) is 4.79 Å². The monoisotopic (exact) mass is 218 g/mol. The van der Waals surface area contributed by atoms with E-state index >= 15 is 0 Å². The van der Waals surface area contributed by atoms with Gasteiger partial charge in [-0.3, -0.25) is 4.79 Å². The normalized spacial score (nSPS) is 9.19. The van der Waals surface area contributed by atoms with Crippen LogP contribution in [0.25, 0.3) is 10.8 Å². The molecule has 0 radical (unpaired) electrons. The summed E-state index contributed by atoms with van der Waals surface area (Å²) >= 11 is 0. The molecule has 1 amide bonds. The molecule has 0 saturated heterocycles. The van der Waals surface area contributed by atoms with Gasteiger partial charge >= 0.3 is 0 Å². The standard InChI is InChI=1S/C11H10N2O.C2H6.H2/c1-8(14)13-11-10-5-3-2-4-9(10)6-7-12-11;1-2;/h2-7H,1H3,(H,12,13,14);1-2H3;1H. The molecule has 2 aromatic rings. The number of nitrogens with zero attached hydrogens (tertiary/aromatic N) is 1. The van der Waals surface area contributed by atoms with E-state index in [1.807, 2.05) is 44.2 Å². The van der Waals surface area contributed by atoms with Crippen LogP contribution in [0.1, 0.15) is 22.2 Å². The van der Waals surface area contributed by atoms with Gasteiger partial charge in [0.25, 0.3) is 0 Å². The number of nitrogens with one attached hydrogen (secondary N) is 1. The van der Waals surface area contributed by atoms with Crippen molar-refractivity contribution in [3.8, 4) is 0 Å². The van der Waals surface area contributed by atoms with Gasteiger partial charge in [0.1, 0.15) is 5.82 Å². The van der Waals surface area contributed by atoms with Gasteiger partial charge in [-0.2, -0.15) is 0 Å². The summed E-state index contributed by atoms with van der Waals surface area (Å²) < 4.78 is 0. The van der Waals surface area contributed by atoms with Crippen LogP contribution < -0.4 is 5.32 Å². The Bertz CT molecular complexity index is 480. The molecule has 3 nitrogen and oxygen atoms in total. The lowest BCUT2D eigenvalue weighted by Gasteiger charge is -2.04. The highest BCUT2D eigenvalue weighted by atomic mass is 16.1. The second kappa shape index (κ2) is 5.85. The topological polar surface area (TPSA) is 42.0 Å². The molecule has 0 atom stereocenters. The third-order valence-electron chi connectivity index (χ3n) is 1.97. The highest BCUT2D eigenvalue weighted by Crippen LogP contribution is 2.19. The molecule has 0 unspecified atom stereocenters. The van der Waals surface area contributed by atoms with Gasteiger partial charge < -0.3 is 5.32 Å². The minimum atomic E-state index is -0.103. The summed E-state index contributed by atoms with van der Waals surface area (Å²) in [5, 5.41) is 4.74. The molecule has 1 N–H and O–H groups in total. The van der Waals surface area contributed by atoms with Gasteiger partial charge in [-0.15, -0.1) is 0 Å². The summed E-state index contributed by atoms with van der Waals surface area (Å²) in [7, 11) is 0. The number of fused-ring (bicyclic) bond motifs is 1. The summed E-state index contributed by atoms with van der Waals surface area (Å²) in [6.45, 7) is 5.48. The van der Waals surface area contributed by atoms with E-state index in [-0.39, 0.29) is 7.33 Å². The van der Waals surface area contributed by atoms with Crippen molar-refractivity contribution in [2.75, 3.05) is 5.32 Å². The fourth-order valence-corrected chi connectivity index (χ4v) is 1.39. The molecule has 1 heterocycles. The van der Waals surface area contributed by atoms with E-state index in [0.29, 0.717) is 5.82 Å². The SMILES string of the molecule is CC.CC(=O)Nc1nccc2ccccc12.[HH]. The van der Waals surface area contributed by atoms with E-state index in [1.165, 1.54) is 6.92 Å². The summed E-state index contributed by atoms with van der Waals surface area (Å²) in [6, 6.07) is 9.73. The zero-order valence-electron chi connectivity index (χ0n) is 9.82. The molecule has 1 aromatic carbocycles. The van der Waals surface area contributed by atoms with Crippen molar-refractivity contribution in [1.29, 1.82) is 0 Å². The number of rotatable bonds is 1. The van der Waals surface area contributed by atoms with Crippen LogP contribution in [0.5, 0.6) is 0 Å². The fraction of sp³-hybridized carbons (Fsp3) is 0.231. The number of carbonyl (C=O) groups is 1. The van der Waals surface area contributed by atoms with Crippen molar-refractivity contribution in [3.05, 3.63) is 36.5 Å². The van der Waals surface area contributed by atoms with Crippen LogP contribution in [-0.4, -0.2) is 10.9 Å². The van der Waals surface area contributed by atoms with Gasteiger partial charge in [-0.05, 0) is 11.5 Å². The van der Waals surface area contributed by atoms with E-state index in [4.69, 9.17) is 0 Å². The first-order chi connectivity index (χ1) is 7.77. The maximum absolute atomic E-state index is 10.9. The van der Waals surface area contributed by atoms with Gasteiger partial charge in [-0.25, -0.2) is 4.98 Å². The third kappa shape index (κ3) is 2.79. The molecule has 3 heteroatoms. The Morgan fingerprint density at radius 1 is 1.25 bits per heavy atom. The number of amides is 1. The summed E-state index contributed by atoms with van der Waals surface area (Å²) in [5.74, 6) is 0.518. The van der Waals surface area contributed by atoms with Gasteiger partial charge in [-0.1, -0.05) is 38.1 Å². The van der Waals surface area contributed by atoms with Crippen molar-refractivity contribution < 1.29 is 6.22 Å². The maximum atomic E-state index is 10.9. The first-order valence-corrected chi connectivity index (χ1v) is 5.39. The second-order valence-electron chi connectivity index (χ2n) is 3.06. The van der Waals surface area contributed by atoms with Gasteiger partial charge in [0.2, 0.25) is 5.91 Å². The number of benzene rings is 1. The Labute approximate surface area is 97.0 Å².